The molecule has 0 aromatic heterocycles. The summed E-state index contributed by atoms with van der Waals surface area (Å²) in [5.41, 5.74) is 0. The van der Waals surface area contributed by atoms with Gasteiger partial charge in [-0.15, -0.1) is 0 Å². The fraction of sp³-hybridized carbons (Fsp3) is 0.611. The van der Waals surface area contributed by atoms with Crippen LogP contribution >= 0.6 is 0 Å². The number of nitrogens with one attached hydrogen (secondary N) is 1. The molecule has 3 N–H and O–H groups in total. The van der Waals surface area contributed by atoms with Gasteiger partial charge < -0.3 is 15.5 Å². The van der Waals surface area contributed by atoms with Gasteiger partial charge in [-0.1, -0.05) is 219 Å². The zero-order valence-corrected chi connectivity index (χ0v) is 37.5. The minimum atomic E-state index is -0.864. The Balaban J connectivity index is 3.53. The van der Waals surface area contributed by atoms with Gasteiger partial charge in [-0.25, -0.2) is 0 Å². The predicted molar refractivity (Wildman–Crippen MR) is 257 cm³/mol. The van der Waals surface area contributed by atoms with Crippen LogP contribution in [0.4, 0.5) is 0 Å². The number of unbranched alkanes of at least 4 members (excludes halogenated alkanes) is 16. The van der Waals surface area contributed by atoms with Gasteiger partial charge in [0, 0.05) is 6.42 Å². The van der Waals surface area contributed by atoms with Crippen LogP contribution in [0.5, 0.6) is 0 Å². The Hall–Kier alpha value is -3.21. The summed E-state index contributed by atoms with van der Waals surface area (Å²) in [6.07, 6.45) is 75.0. The molecule has 0 heterocycles. The lowest BCUT2D eigenvalue weighted by molar-refractivity contribution is -0.123. The van der Waals surface area contributed by atoms with Crippen molar-refractivity contribution in [3.05, 3.63) is 122 Å². The predicted octanol–water partition coefficient (Wildman–Crippen LogP) is 15.3. The van der Waals surface area contributed by atoms with Gasteiger partial charge in [-0.05, 0) is 89.9 Å². The first kappa shape index (κ1) is 54.8. The molecule has 58 heavy (non-hydrogen) atoms. The molecule has 0 saturated heterocycles. The molecule has 0 aliphatic rings. The largest absolute Gasteiger partial charge is 0.394 e. The minimum Gasteiger partial charge on any atom is -0.394 e. The molecule has 0 spiro atoms. The van der Waals surface area contributed by atoms with Crippen molar-refractivity contribution in [1.82, 2.24) is 5.32 Å². The number of hydrogen-bond acceptors (Lipinski definition) is 3. The summed E-state index contributed by atoms with van der Waals surface area (Å²) in [6.45, 7) is 4.06. The molecule has 328 valence electrons. The van der Waals surface area contributed by atoms with E-state index in [-0.39, 0.29) is 12.5 Å². The average molecular weight is 800 g/mol. The van der Waals surface area contributed by atoms with E-state index in [2.05, 4.69) is 129 Å². The van der Waals surface area contributed by atoms with Gasteiger partial charge in [0.2, 0.25) is 5.91 Å². The number of aliphatic hydroxyl groups excluding tert-OH is 2. The minimum absolute atomic E-state index is 0.0850. The van der Waals surface area contributed by atoms with Crippen molar-refractivity contribution in [2.24, 2.45) is 0 Å². The van der Waals surface area contributed by atoms with Crippen LogP contribution in [0.15, 0.2) is 122 Å². The van der Waals surface area contributed by atoms with Crippen LogP contribution in [0.1, 0.15) is 194 Å². The Labute approximate surface area is 358 Å². The fourth-order valence-electron chi connectivity index (χ4n) is 6.33. The van der Waals surface area contributed by atoms with Crippen molar-refractivity contribution in [2.75, 3.05) is 6.61 Å². The summed E-state index contributed by atoms with van der Waals surface area (Å²) in [7, 11) is 0. The standard InChI is InChI=1S/C54H89NO3/c1-3-5-7-9-11-12-13-14-15-16-17-18-19-20-21-22-23-24-25-26-27-28-29-30-31-32-33-34-35-36-37-38-39-40-41-42-44-46-48-50-54(58)55-52(51-56)53(57)49-47-45-43-10-8-6-4-2/h5,7-8,10-12,14-15,17-18,20-21,23-24,26-27,29-30,47,49,52-53,56-57H,3-4,6,9,13,16,19,22,25,28,31-46,48,50-51H2,1-2H3,(H,55,58)/b7-5-,10-8+,12-11-,15-14-,18-17-,21-20-,24-23-,27-26-,30-29-,49-47+. The molecule has 0 rings (SSSR count). The van der Waals surface area contributed by atoms with Gasteiger partial charge in [0.1, 0.15) is 0 Å². The monoisotopic (exact) mass is 800 g/mol. The van der Waals surface area contributed by atoms with Crippen LogP contribution in [-0.2, 0) is 4.79 Å². The van der Waals surface area contributed by atoms with Gasteiger partial charge in [0.25, 0.3) is 0 Å². The van der Waals surface area contributed by atoms with Gasteiger partial charge in [0.15, 0.2) is 0 Å². The molecule has 2 unspecified atom stereocenters. The first-order chi connectivity index (χ1) is 28.7. The lowest BCUT2D eigenvalue weighted by Gasteiger charge is -2.19. The molecule has 0 aromatic rings. The third-order valence-corrected chi connectivity index (χ3v) is 9.91. The SMILES string of the molecule is CC/C=C\C/C=C\C/C=C\C/C=C\C/C=C\C/C=C\C/C=C\C/C=C\CCCCCCCCCCCCCCCCC(=O)NC(CO)C(O)/C=C/CC/C=C/CCC. The zero-order chi connectivity index (χ0) is 42.1. The van der Waals surface area contributed by atoms with E-state index in [1.807, 2.05) is 6.08 Å². The highest BCUT2D eigenvalue weighted by molar-refractivity contribution is 5.76. The lowest BCUT2D eigenvalue weighted by atomic mass is 10.0. The highest BCUT2D eigenvalue weighted by Crippen LogP contribution is 2.14. The maximum absolute atomic E-state index is 12.3. The second-order valence-corrected chi connectivity index (χ2v) is 15.4. The van der Waals surface area contributed by atoms with Crippen LogP contribution in [0.25, 0.3) is 0 Å². The number of carbonyl (C=O) groups excluding carboxylic acids is 1. The highest BCUT2D eigenvalue weighted by atomic mass is 16.3. The van der Waals surface area contributed by atoms with E-state index in [1.165, 1.54) is 83.5 Å². The fourth-order valence-corrected chi connectivity index (χ4v) is 6.33. The molecular formula is C54H89NO3. The lowest BCUT2D eigenvalue weighted by Crippen LogP contribution is -2.45. The Kier molecular flexibility index (Phi) is 45.5. The number of rotatable bonds is 41. The normalized spacial score (nSPS) is 14.1. The number of amides is 1. The summed E-state index contributed by atoms with van der Waals surface area (Å²) in [4.78, 5) is 12.3. The number of carbonyl (C=O) groups is 1. The maximum Gasteiger partial charge on any atom is 0.220 e. The number of aliphatic hydroxyl groups is 2. The maximum atomic E-state index is 12.3. The van der Waals surface area contributed by atoms with Crippen LogP contribution in [-0.4, -0.2) is 34.9 Å². The summed E-state index contributed by atoms with van der Waals surface area (Å²) in [6, 6.07) is -0.642. The molecule has 1 amide bonds. The second kappa shape index (κ2) is 48.2. The Morgan fingerprint density at radius 3 is 1.19 bits per heavy atom. The van der Waals surface area contributed by atoms with E-state index in [0.29, 0.717) is 6.42 Å². The van der Waals surface area contributed by atoms with Gasteiger partial charge >= 0.3 is 0 Å². The van der Waals surface area contributed by atoms with E-state index in [4.69, 9.17) is 0 Å². The Morgan fingerprint density at radius 2 is 0.776 bits per heavy atom. The third-order valence-electron chi connectivity index (χ3n) is 9.91. The molecule has 0 radical (unpaired) electrons. The molecular weight excluding hydrogens is 711 g/mol. The quantitative estimate of drug-likeness (QED) is 0.0426. The van der Waals surface area contributed by atoms with Crippen molar-refractivity contribution in [3.63, 3.8) is 0 Å². The molecule has 4 heteroatoms. The first-order valence-electron chi connectivity index (χ1n) is 23.7. The van der Waals surface area contributed by atoms with Crippen molar-refractivity contribution in [2.45, 2.75) is 206 Å². The van der Waals surface area contributed by atoms with Crippen molar-refractivity contribution in [3.8, 4) is 0 Å². The summed E-state index contributed by atoms with van der Waals surface area (Å²) in [5.74, 6) is -0.0850. The zero-order valence-electron chi connectivity index (χ0n) is 37.5. The average Bonchev–Trinajstić information content (AvgIpc) is 3.23. The van der Waals surface area contributed by atoms with Crippen molar-refractivity contribution in [1.29, 1.82) is 0 Å². The molecule has 4 nitrogen and oxygen atoms in total. The van der Waals surface area contributed by atoms with Crippen LogP contribution in [0.2, 0.25) is 0 Å². The van der Waals surface area contributed by atoms with Crippen LogP contribution < -0.4 is 5.32 Å². The Bertz CT molecular complexity index is 1180. The molecule has 0 aliphatic heterocycles. The van der Waals surface area contributed by atoms with E-state index in [9.17, 15) is 15.0 Å². The summed E-state index contributed by atoms with van der Waals surface area (Å²) < 4.78 is 0. The smallest absolute Gasteiger partial charge is 0.220 e. The van der Waals surface area contributed by atoms with Crippen molar-refractivity contribution < 1.29 is 15.0 Å². The number of hydrogen-bond donors (Lipinski definition) is 3. The molecule has 0 saturated carbocycles. The highest BCUT2D eigenvalue weighted by Gasteiger charge is 2.17. The van der Waals surface area contributed by atoms with Gasteiger partial charge in [0.05, 0.1) is 18.8 Å². The third kappa shape index (κ3) is 43.9. The first-order valence-corrected chi connectivity index (χ1v) is 23.7. The Morgan fingerprint density at radius 1 is 0.431 bits per heavy atom. The van der Waals surface area contributed by atoms with Crippen LogP contribution in [0, 0.1) is 0 Å². The molecule has 0 fully saturated rings. The second-order valence-electron chi connectivity index (χ2n) is 15.4. The van der Waals surface area contributed by atoms with Crippen molar-refractivity contribution >= 4 is 5.91 Å². The van der Waals surface area contributed by atoms with E-state index < -0.39 is 12.1 Å². The molecule has 2 atom stereocenters. The van der Waals surface area contributed by atoms with E-state index in [1.54, 1.807) is 6.08 Å². The van der Waals surface area contributed by atoms with Crippen LogP contribution in [0.3, 0.4) is 0 Å². The topological polar surface area (TPSA) is 69.6 Å². The summed E-state index contributed by atoms with van der Waals surface area (Å²) in [5, 5.41) is 22.7. The molecule has 0 aliphatic carbocycles. The summed E-state index contributed by atoms with van der Waals surface area (Å²) >= 11 is 0. The van der Waals surface area contributed by atoms with E-state index >= 15 is 0 Å². The number of allylic oxidation sites excluding steroid dienone is 19. The molecule has 0 aromatic carbocycles. The van der Waals surface area contributed by atoms with Gasteiger partial charge in [-0.2, -0.15) is 0 Å². The molecule has 0 bridgehead atoms. The van der Waals surface area contributed by atoms with Gasteiger partial charge in [-0.3, -0.25) is 4.79 Å². The van der Waals surface area contributed by atoms with E-state index in [0.717, 1.165) is 89.9 Å².